The molecule has 0 atom stereocenters. The fourth-order valence-corrected chi connectivity index (χ4v) is 2.05. The van der Waals surface area contributed by atoms with Crippen molar-refractivity contribution in [2.75, 3.05) is 19.7 Å². The van der Waals surface area contributed by atoms with E-state index in [0.717, 1.165) is 43.2 Å². The van der Waals surface area contributed by atoms with E-state index in [0.29, 0.717) is 13.1 Å². The first kappa shape index (κ1) is 15.8. The maximum Gasteiger partial charge on any atom is 0.234 e. The molecule has 21 heavy (non-hydrogen) atoms. The minimum Gasteiger partial charge on any atom is -0.494 e. The van der Waals surface area contributed by atoms with Gasteiger partial charge in [0.2, 0.25) is 5.91 Å². The van der Waals surface area contributed by atoms with Crippen LogP contribution in [-0.4, -0.2) is 25.6 Å². The van der Waals surface area contributed by atoms with E-state index in [-0.39, 0.29) is 5.91 Å². The van der Waals surface area contributed by atoms with E-state index in [1.165, 1.54) is 12.8 Å². The summed E-state index contributed by atoms with van der Waals surface area (Å²) < 4.78 is 5.67. The Balaban J connectivity index is 1.66. The summed E-state index contributed by atoms with van der Waals surface area (Å²) in [6, 6.07) is 7.92. The van der Waals surface area contributed by atoms with Gasteiger partial charge in [-0.25, -0.2) is 0 Å². The van der Waals surface area contributed by atoms with Crippen molar-refractivity contribution < 1.29 is 9.53 Å². The van der Waals surface area contributed by atoms with Crippen LogP contribution in [-0.2, 0) is 11.3 Å². The molecule has 0 radical (unpaired) electrons. The molecule has 0 bridgehead atoms. The van der Waals surface area contributed by atoms with Gasteiger partial charge in [-0.2, -0.15) is 0 Å². The third kappa shape index (κ3) is 6.63. The average molecular weight is 290 g/mol. The van der Waals surface area contributed by atoms with Crippen molar-refractivity contribution in [1.29, 1.82) is 0 Å². The number of rotatable bonds is 10. The fraction of sp³-hybridized carbons (Fsp3) is 0.588. The number of hydrogen-bond acceptors (Lipinski definition) is 3. The molecule has 1 aromatic rings. The summed E-state index contributed by atoms with van der Waals surface area (Å²) in [5.74, 6) is 1.73. The number of hydrogen-bond donors (Lipinski definition) is 2. The lowest BCUT2D eigenvalue weighted by Crippen LogP contribution is -2.34. The van der Waals surface area contributed by atoms with Crippen molar-refractivity contribution in [3.8, 4) is 5.75 Å². The second-order valence-electron chi connectivity index (χ2n) is 5.70. The Morgan fingerprint density at radius 3 is 3.00 bits per heavy atom. The Bertz CT molecular complexity index is 444. The molecule has 1 aliphatic rings. The van der Waals surface area contributed by atoms with Crippen LogP contribution in [0.15, 0.2) is 24.3 Å². The molecule has 0 aromatic heterocycles. The highest BCUT2D eigenvalue weighted by Crippen LogP contribution is 2.27. The second-order valence-corrected chi connectivity index (χ2v) is 5.70. The first-order valence-corrected chi connectivity index (χ1v) is 7.97. The van der Waals surface area contributed by atoms with Gasteiger partial charge >= 0.3 is 0 Å². The molecule has 1 amide bonds. The number of nitrogens with one attached hydrogen (secondary N) is 2. The van der Waals surface area contributed by atoms with Crippen molar-refractivity contribution in [1.82, 2.24) is 10.6 Å². The van der Waals surface area contributed by atoms with Crippen molar-refractivity contribution in [2.45, 2.75) is 39.2 Å². The SMILES string of the molecule is CCCCOc1cccc(CNC(=O)CNCC2CC2)c1. The molecule has 4 nitrogen and oxygen atoms in total. The lowest BCUT2D eigenvalue weighted by atomic mass is 10.2. The van der Waals surface area contributed by atoms with E-state index >= 15 is 0 Å². The number of unbranched alkanes of at least 4 members (excludes halogenated alkanes) is 1. The molecular formula is C17H26N2O2. The molecule has 0 unspecified atom stereocenters. The number of benzene rings is 1. The summed E-state index contributed by atoms with van der Waals surface area (Å²) >= 11 is 0. The van der Waals surface area contributed by atoms with Crippen LogP contribution in [0.1, 0.15) is 38.2 Å². The largest absolute Gasteiger partial charge is 0.494 e. The molecular weight excluding hydrogens is 264 g/mol. The normalized spacial score (nSPS) is 14.0. The highest BCUT2D eigenvalue weighted by Gasteiger charge is 2.20. The van der Waals surface area contributed by atoms with Gasteiger partial charge in [-0.15, -0.1) is 0 Å². The van der Waals surface area contributed by atoms with Crippen LogP contribution in [0.25, 0.3) is 0 Å². The lowest BCUT2D eigenvalue weighted by Gasteiger charge is -2.09. The molecule has 1 saturated carbocycles. The summed E-state index contributed by atoms with van der Waals surface area (Å²) in [4.78, 5) is 11.7. The maximum atomic E-state index is 11.7. The minimum atomic E-state index is 0.0490. The predicted molar refractivity (Wildman–Crippen MR) is 84.3 cm³/mol. The van der Waals surface area contributed by atoms with Crippen LogP contribution in [0.3, 0.4) is 0 Å². The number of amides is 1. The molecule has 1 fully saturated rings. The van der Waals surface area contributed by atoms with Gasteiger partial charge in [0.1, 0.15) is 5.75 Å². The summed E-state index contributed by atoms with van der Waals surface area (Å²) in [7, 11) is 0. The zero-order valence-corrected chi connectivity index (χ0v) is 12.9. The third-order valence-electron chi connectivity index (χ3n) is 3.57. The molecule has 0 spiro atoms. The predicted octanol–water partition coefficient (Wildman–Crippen LogP) is 2.48. The Morgan fingerprint density at radius 2 is 2.24 bits per heavy atom. The minimum absolute atomic E-state index is 0.0490. The number of carbonyl (C=O) groups excluding carboxylic acids is 1. The van der Waals surface area contributed by atoms with E-state index in [4.69, 9.17) is 4.74 Å². The van der Waals surface area contributed by atoms with Crippen LogP contribution >= 0.6 is 0 Å². The molecule has 2 N–H and O–H groups in total. The molecule has 1 aromatic carbocycles. The van der Waals surface area contributed by atoms with Crippen molar-refractivity contribution in [3.05, 3.63) is 29.8 Å². The van der Waals surface area contributed by atoms with Gasteiger partial charge in [0, 0.05) is 6.54 Å². The highest BCUT2D eigenvalue weighted by molar-refractivity contribution is 5.77. The standard InChI is InChI=1S/C17H26N2O2/c1-2-3-9-21-16-6-4-5-15(10-16)12-19-17(20)13-18-11-14-7-8-14/h4-6,10,14,18H,2-3,7-9,11-13H2,1H3,(H,19,20). The van der Waals surface area contributed by atoms with E-state index in [1.807, 2.05) is 24.3 Å². The lowest BCUT2D eigenvalue weighted by molar-refractivity contribution is -0.120. The number of carbonyl (C=O) groups is 1. The average Bonchev–Trinajstić information content (AvgIpc) is 3.30. The topological polar surface area (TPSA) is 50.4 Å². The Hall–Kier alpha value is -1.55. The third-order valence-corrected chi connectivity index (χ3v) is 3.57. The monoisotopic (exact) mass is 290 g/mol. The first-order valence-electron chi connectivity index (χ1n) is 7.97. The van der Waals surface area contributed by atoms with Gasteiger partial charge in [-0.1, -0.05) is 25.5 Å². The molecule has 0 heterocycles. The van der Waals surface area contributed by atoms with E-state index in [1.54, 1.807) is 0 Å². The van der Waals surface area contributed by atoms with Gasteiger partial charge in [-0.3, -0.25) is 4.79 Å². The van der Waals surface area contributed by atoms with Gasteiger partial charge in [0.15, 0.2) is 0 Å². The summed E-state index contributed by atoms with van der Waals surface area (Å²) in [6.07, 6.45) is 4.80. The van der Waals surface area contributed by atoms with Crippen LogP contribution in [0.5, 0.6) is 5.75 Å². The van der Waals surface area contributed by atoms with E-state index < -0.39 is 0 Å². The summed E-state index contributed by atoms with van der Waals surface area (Å²) in [5.41, 5.74) is 1.07. The number of ether oxygens (including phenoxy) is 1. The van der Waals surface area contributed by atoms with Crippen molar-refractivity contribution in [2.24, 2.45) is 5.92 Å². The van der Waals surface area contributed by atoms with E-state index in [9.17, 15) is 4.79 Å². The van der Waals surface area contributed by atoms with E-state index in [2.05, 4.69) is 17.6 Å². The summed E-state index contributed by atoms with van der Waals surface area (Å²) in [5, 5.41) is 6.12. The zero-order valence-electron chi connectivity index (χ0n) is 12.9. The van der Waals surface area contributed by atoms with Crippen LogP contribution in [0.4, 0.5) is 0 Å². The molecule has 4 heteroatoms. The maximum absolute atomic E-state index is 11.7. The van der Waals surface area contributed by atoms with Crippen LogP contribution < -0.4 is 15.4 Å². The second kappa shape index (κ2) is 8.67. The van der Waals surface area contributed by atoms with Gasteiger partial charge in [0.05, 0.1) is 13.2 Å². The van der Waals surface area contributed by atoms with Gasteiger partial charge in [-0.05, 0) is 49.4 Å². The fourth-order valence-electron chi connectivity index (χ4n) is 2.05. The molecule has 1 aliphatic carbocycles. The van der Waals surface area contributed by atoms with Crippen molar-refractivity contribution >= 4 is 5.91 Å². The van der Waals surface area contributed by atoms with Crippen molar-refractivity contribution in [3.63, 3.8) is 0 Å². The highest BCUT2D eigenvalue weighted by atomic mass is 16.5. The van der Waals surface area contributed by atoms with Gasteiger partial charge < -0.3 is 15.4 Å². The molecule has 0 saturated heterocycles. The molecule has 0 aliphatic heterocycles. The first-order chi connectivity index (χ1) is 10.3. The van der Waals surface area contributed by atoms with Crippen LogP contribution in [0.2, 0.25) is 0 Å². The van der Waals surface area contributed by atoms with Crippen LogP contribution in [0, 0.1) is 5.92 Å². The Kier molecular flexibility index (Phi) is 6.54. The Labute approximate surface area is 127 Å². The molecule has 116 valence electrons. The quantitative estimate of drug-likeness (QED) is 0.651. The Morgan fingerprint density at radius 1 is 1.38 bits per heavy atom. The molecule has 2 rings (SSSR count). The summed E-state index contributed by atoms with van der Waals surface area (Å²) in [6.45, 7) is 4.82. The zero-order chi connectivity index (χ0) is 14.9. The van der Waals surface area contributed by atoms with Gasteiger partial charge in [0.25, 0.3) is 0 Å². The smallest absolute Gasteiger partial charge is 0.234 e.